The lowest BCUT2D eigenvalue weighted by atomic mass is 9.95. The fourth-order valence-corrected chi connectivity index (χ4v) is 6.15. The van der Waals surface area contributed by atoms with E-state index in [-0.39, 0.29) is 10.5 Å². The largest absolute Gasteiger partial charge is 0.497 e. The monoisotopic (exact) mass is 485 g/mol. The fraction of sp³-hybridized carbons (Fsp3) is 0.435. The zero-order valence-corrected chi connectivity index (χ0v) is 19.4. The maximum absolute atomic E-state index is 14.4. The van der Waals surface area contributed by atoms with Gasteiger partial charge in [-0.25, -0.2) is 8.42 Å². The number of benzene rings is 2. The number of esters is 1. The smallest absolute Gasteiger partial charge is 0.395 e. The summed E-state index contributed by atoms with van der Waals surface area (Å²) in [5.74, 6) is -3.35. The number of hydrogen-bond acceptors (Lipinski definition) is 6. The van der Waals surface area contributed by atoms with Gasteiger partial charge in [0.2, 0.25) is 0 Å². The van der Waals surface area contributed by atoms with Gasteiger partial charge in [0.05, 0.1) is 29.2 Å². The predicted octanol–water partition coefficient (Wildman–Crippen LogP) is 4.07. The second-order valence-corrected chi connectivity index (χ2v) is 10.9. The molecule has 1 saturated heterocycles. The van der Waals surface area contributed by atoms with E-state index in [2.05, 4.69) is 5.32 Å². The van der Waals surface area contributed by atoms with Gasteiger partial charge in [0.25, 0.3) is 0 Å². The second kappa shape index (κ2) is 8.98. The molecule has 1 N–H and O–H groups in total. The number of alkyl halides is 3. The molecule has 0 bridgehead atoms. The molecule has 4 atom stereocenters. The van der Waals surface area contributed by atoms with E-state index >= 15 is 0 Å². The molecule has 0 aliphatic carbocycles. The molecule has 1 heterocycles. The van der Waals surface area contributed by atoms with Crippen molar-refractivity contribution in [2.24, 2.45) is 5.92 Å². The van der Waals surface area contributed by atoms with Gasteiger partial charge in [0.15, 0.2) is 9.84 Å². The molecular weight excluding hydrogens is 459 g/mol. The van der Waals surface area contributed by atoms with Crippen LogP contribution in [0.1, 0.15) is 32.4 Å². The molecule has 180 valence electrons. The zero-order chi connectivity index (χ0) is 24.6. The van der Waals surface area contributed by atoms with Crippen molar-refractivity contribution in [3.05, 3.63) is 60.2 Å². The van der Waals surface area contributed by atoms with E-state index in [1.165, 1.54) is 64.3 Å². The zero-order valence-electron chi connectivity index (χ0n) is 18.6. The van der Waals surface area contributed by atoms with Crippen molar-refractivity contribution < 1.29 is 35.9 Å². The van der Waals surface area contributed by atoms with Gasteiger partial charge < -0.3 is 9.47 Å². The highest BCUT2D eigenvalue weighted by Crippen LogP contribution is 2.47. The lowest BCUT2D eigenvalue weighted by Gasteiger charge is -2.28. The van der Waals surface area contributed by atoms with Crippen molar-refractivity contribution in [1.29, 1.82) is 0 Å². The highest BCUT2D eigenvalue weighted by Gasteiger charge is 2.63. The standard InChI is InChI=1S/C23H26F3NO5S/c1-22(2,3)32-21(28)19-17(23(24,25)26)20(33(29,30)16-11-6-5-7-12-16)18(27-19)14-9-8-10-15(13-14)31-4/h5-13,17-20,27H,1-4H3/t17-,18-,19-,20+/m1/s1. The van der Waals surface area contributed by atoms with E-state index < -0.39 is 50.8 Å². The summed E-state index contributed by atoms with van der Waals surface area (Å²) in [6.07, 6.45) is -5.01. The van der Waals surface area contributed by atoms with Gasteiger partial charge in [0.1, 0.15) is 17.4 Å². The summed E-state index contributed by atoms with van der Waals surface area (Å²) in [7, 11) is -3.14. The number of hydrogen-bond donors (Lipinski definition) is 1. The van der Waals surface area contributed by atoms with Crippen molar-refractivity contribution in [3.8, 4) is 5.75 Å². The summed E-state index contributed by atoms with van der Waals surface area (Å²) in [4.78, 5) is 12.6. The van der Waals surface area contributed by atoms with E-state index in [1.807, 2.05) is 0 Å². The third kappa shape index (κ3) is 5.33. The number of methoxy groups -OCH3 is 1. The molecule has 1 fully saturated rings. The molecule has 1 aliphatic heterocycles. The minimum atomic E-state index is -5.01. The maximum atomic E-state index is 14.4. The molecule has 0 radical (unpaired) electrons. The SMILES string of the molecule is COc1cccc([C@H]2N[C@@H](C(=O)OC(C)(C)C)[C@@H](C(F)(F)F)[C@@H]2S(=O)(=O)c2ccccc2)c1. The van der Waals surface area contributed by atoms with Crippen LogP contribution in [0, 0.1) is 5.92 Å². The molecule has 6 nitrogen and oxygen atoms in total. The number of nitrogens with one attached hydrogen (secondary N) is 1. The molecule has 10 heteroatoms. The Morgan fingerprint density at radius 2 is 1.64 bits per heavy atom. The van der Waals surface area contributed by atoms with Crippen LogP contribution in [0.5, 0.6) is 5.75 Å². The summed E-state index contributed by atoms with van der Waals surface area (Å²) >= 11 is 0. The topological polar surface area (TPSA) is 81.7 Å². The summed E-state index contributed by atoms with van der Waals surface area (Å²) < 4.78 is 80.7. The first-order valence-corrected chi connectivity index (χ1v) is 11.8. The summed E-state index contributed by atoms with van der Waals surface area (Å²) in [5, 5.41) is 0.625. The Morgan fingerprint density at radius 3 is 2.18 bits per heavy atom. The van der Waals surface area contributed by atoms with Gasteiger partial charge in [-0.15, -0.1) is 0 Å². The van der Waals surface area contributed by atoms with Crippen LogP contribution in [0.4, 0.5) is 13.2 Å². The van der Waals surface area contributed by atoms with Crippen molar-refractivity contribution >= 4 is 15.8 Å². The predicted molar refractivity (Wildman–Crippen MR) is 115 cm³/mol. The minimum absolute atomic E-state index is 0.249. The van der Waals surface area contributed by atoms with Crippen LogP contribution in [0.15, 0.2) is 59.5 Å². The Morgan fingerprint density at radius 1 is 1.00 bits per heavy atom. The summed E-state index contributed by atoms with van der Waals surface area (Å²) in [6, 6.07) is 9.76. The molecule has 2 aromatic carbocycles. The first-order chi connectivity index (χ1) is 15.3. The molecule has 0 amide bonds. The van der Waals surface area contributed by atoms with Gasteiger partial charge in [0, 0.05) is 0 Å². The van der Waals surface area contributed by atoms with Crippen LogP contribution >= 0.6 is 0 Å². The van der Waals surface area contributed by atoms with Gasteiger partial charge in [-0.3, -0.25) is 10.1 Å². The van der Waals surface area contributed by atoms with Crippen LogP contribution in [-0.4, -0.2) is 44.6 Å². The van der Waals surface area contributed by atoms with Gasteiger partial charge >= 0.3 is 12.1 Å². The first kappa shape index (κ1) is 25.0. The molecule has 0 spiro atoms. The number of ether oxygens (including phenoxy) is 2. The number of carbonyl (C=O) groups excluding carboxylic acids is 1. The molecule has 33 heavy (non-hydrogen) atoms. The van der Waals surface area contributed by atoms with Crippen molar-refractivity contribution in [2.45, 2.75) is 54.8 Å². The Kier molecular flexibility index (Phi) is 6.82. The highest BCUT2D eigenvalue weighted by molar-refractivity contribution is 7.92. The van der Waals surface area contributed by atoms with E-state index in [4.69, 9.17) is 9.47 Å². The van der Waals surface area contributed by atoms with E-state index in [1.54, 1.807) is 18.2 Å². The van der Waals surface area contributed by atoms with Gasteiger partial charge in [-0.2, -0.15) is 13.2 Å². The normalized spacial score (nSPS) is 23.8. The van der Waals surface area contributed by atoms with Gasteiger partial charge in [-0.1, -0.05) is 30.3 Å². The van der Waals surface area contributed by atoms with Crippen LogP contribution in [-0.2, 0) is 19.4 Å². The van der Waals surface area contributed by atoms with Crippen molar-refractivity contribution in [2.75, 3.05) is 7.11 Å². The molecule has 3 rings (SSSR count). The Labute approximate surface area is 191 Å². The molecular formula is C23H26F3NO5S. The number of rotatable bonds is 5. The van der Waals surface area contributed by atoms with Crippen LogP contribution < -0.4 is 10.1 Å². The van der Waals surface area contributed by atoms with Gasteiger partial charge in [-0.05, 0) is 50.6 Å². The first-order valence-electron chi connectivity index (χ1n) is 10.2. The van der Waals surface area contributed by atoms with E-state index in [9.17, 15) is 26.4 Å². The third-order valence-electron chi connectivity index (χ3n) is 5.32. The van der Waals surface area contributed by atoms with Crippen molar-refractivity contribution in [3.63, 3.8) is 0 Å². The molecule has 0 saturated carbocycles. The molecule has 0 unspecified atom stereocenters. The van der Waals surface area contributed by atoms with E-state index in [0.717, 1.165) is 0 Å². The van der Waals surface area contributed by atoms with Crippen LogP contribution in [0.3, 0.4) is 0 Å². The Balaban J connectivity index is 2.20. The molecule has 2 aromatic rings. The van der Waals surface area contributed by atoms with E-state index in [0.29, 0.717) is 5.75 Å². The summed E-state index contributed by atoms with van der Waals surface area (Å²) in [5.41, 5.74) is -0.810. The minimum Gasteiger partial charge on any atom is -0.497 e. The third-order valence-corrected chi connectivity index (χ3v) is 7.53. The Bertz CT molecular complexity index is 1100. The van der Waals surface area contributed by atoms with Crippen LogP contribution in [0.2, 0.25) is 0 Å². The fourth-order valence-electron chi connectivity index (χ4n) is 4.00. The highest BCUT2D eigenvalue weighted by atomic mass is 32.2. The molecule has 1 aliphatic rings. The second-order valence-electron chi connectivity index (χ2n) is 8.82. The summed E-state index contributed by atoms with van der Waals surface area (Å²) in [6.45, 7) is 4.58. The average molecular weight is 486 g/mol. The lowest BCUT2D eigenvalue weighted by molar-refractivity contribution is -0.189. The number of halogens is 3. The number of sulfone groups is 1. The average Bonchev–Trinajstić information content (AvgIpc) is 3.16. The number of carbonyl (C=O) groups is 1. The Hall–Kier alpha value is -2.59. The van der Waals surface area contributed by atoms with Crippen molar-refractivity contribution in [1.82, 2.24) is 5.32 Å². The van der Waals surface area contributed by atoms with Crippen LogP contribution in [0.25, 0.3) is 0 Å². The maximum Gasteiger partial charge on any atom is 0.395 e. The lowest BCUT2D eigenvalue weighted by Crippen LogP contribution is -2.48. The quantitative estimate of drug-likeness (QED) is 0.643. The molecule has 0 aromatic heterocycles.